The second-order valence-corrected chi connectivity index (χ2v) is 7.42. The number of hydrogen-bond acceptors (Lipinski definition) is 6. The van der Waals surface area contributed by atoms with E-state index in [-0.39, 0.29) is 18.7 Å². The highest BCUT2D eigenvalue weighted by Gasteiger charge is 2.44. The first-order valence-corrected chi connectivity index (χ1v) is 9.24. The van der Waals surface area contributed by atoms with Crippen molar-refractivity contribution in [1.29, 1.82) is 0 Å². The summed E-state index contributed by atoms with van der Waals surface area (Å²) in [7, 11) is 0. The lowest BCUT2D eigenvalue weighted by Gasteiger charge is -2.33. The number of hydrogen-bond donors (Lipinski definition) is 3. The summed E-state index contributed by atoms with van der Waals surface area (Å²) in [5, 5.41) is 8.90. The predicted octanol–water partition coefficient (Wildman–Crippen LogP) is -0.215. The highest BCUT2D eigenvalue weighted by Crippen LogP contribution is 2.28. The molecule has 8 heteroatoms. The van der Waals surface area contributed by atoms with E-state index >= 15 is 0 Å². The van der Waals surface area contributed by atoms with Crippen molar-refractivity contribution in [2.24, 2.45) is 5.92 Å². The van der Waals surface area contributed by atoms with Crippen LogP contribution in [0.3, 0.4) is 0 Å². The van der Waals surface area contributed by atoms with Crippen LogP contribution in [-0.4, -0.2) is 53.7 Å². The van der Waals surface area contributed by atoms with Crippen molar-refractivity contribution in [3.63, 3.8) is 0 Å². The van der Waals surface area contributed by atoms with Crippen molar-refractivity contribution in [1.82, 2.24) is 20.9 Å². The van der Waals surface area contributed by atoms with Crippen molar-refractivity contribution in [3.05, 3.63) is 34.9 Å². The van der Waals surface area contributed by atoms with Crippen LogP contribution in [0.1, 0.15) is 46.0 Å². The second-order valence-electron chi connectivity index (χ2n) is 7.42. The van der Waals surface area contributed by atoms with E-state index in [1.807, 2.05) is 6.07 Å². The summed E-state index contributed by atoms with van der Waals surface area (Å²) in [6.07, 6.45) is 0.282. The van der Waals surface area contributed by atoms with E-state index in [9.17, 15) is 19.2 Å². The minimum Gasteiger partial charge on any atom is -0.316 e. The van der Waals surface area contributed by atoms with Crippen LogP contribution >= 0.6 is 0 Å². The van der Waals surface area contributed by atoms with Gasteiger partial charge in [-0.25, -0.2) is 0 Å². The highest BCUT2D eigenvalue weighted by molar-refractivity contribution is 6.23. The molecule has 0 bridgehead atoms. The summed E-state index contributed by atoms with van der Waals surface area (Å²) in [6, 6.07) is 4.63. The maximum atomic E-state index is 12.8. The molecule has 8 nitrogen and oxygen atoms in total. The maximum absolute atomic E-state index is 12.8. The van der Waals surface area contributed by atoms with Crippen molar-refractivity contribution in [3.8, 4) is 0 Å². The van der Waals surface area contributed by atoms with Gasteiger partial charge in [0.2, 0.25) is 11.8 Å². The third kappa shape index (κ3) is 3.15. The Morgan fingerprint density at radius 3 is 2.56 bits per heavy atom. The number of carbonyl (C=O) groups excluding carboxylic acids is 4. The number of benzene rings is 1. The summed E-state index contributed by atoms with van der Waals surface area (Å²) in [4.78, 5) is 49.9. The van der Waals surface area contributed by atoms with Crippen LogP contribution in [0.25, 0.3) is 0 Å². The number of fused-ring (bicyclic) bond motifs is 1. The first-order valence-electron chi connectivity index (χ1n) is 9.24. The smallest absolute Gasteiger partial charge is 0.262 e. The molecule has 0 aromatic heterocycles. The molecule has 4 amide bonds. The normalized spacial score (nSPS) is 23.9. The van der Waals surface area contributed by atoms with Crippen LogP contribution in [0.4, 0.5) is 0 Å². The zero-order valence-electron chi connectivity index (χ0n) is 15.1. The Kier molecular flexibility index (Phi) is 4.53. The van der Waals surface area contributed by atoms with Gasteiger partial charge in [-0.3, -0.25) is 29.4 Å². The minimum atomic E-state index is -0.928. The van der Waals surface area contributed by atoms with E-state index in [1.165, 1.54) is 0 Å². The van der Waals surface area contributed by atoms with Crippen LogP contribution in [-0.2, 0) is 16.1 Å². The Hall–Kier alpha value is -2.58. The molecular weight excluding hydrogens is 348 g/mol. The van der Waals surface area contributed by atoms with Crippen LogP contribution in [0.5, 0.6) is 0 Å². The molecule has 2 atom stereocenters. The molecule has 3 aliphatic heterocycles. The van der Waals surface area contributed by atoms with E-state index in [0.29, 0.717) is 29.6 Å². The summed E-state index contributed by atoms with van der Waals surface area (Å²) in [6.45, 7) is 4.75. The average Bonchev–Trinajstić information content (AvgIpc) is 2.83. The summed E-state index contributed by atoms with van der Waals surface area (Å²) in [5.41, 5.74) is 1.55. The predicted molar refractivity (Wildman–Crippen MR) is 95.8 cm³/mol. The van der Waals surface area contributed by atoms with Gasteiger partial charge >= 0.3 is 0 Å². The highest BCUT2D eigenvalue weighted by atomic mass is 16.2. The van der Waals surface area contributed by atoms with Crippen molar-refractivity contribution < 1.29 is 19.2 Å². The molecule has 0 radical (unpaired) electrons. The fourth-order valence-corrected chi connectivity index (χ4v) is 3.74. The minimum absolute atomic E-state index is 0.118. The molecule has 2 saturated heterocycles. The van der Waals surface area contributed by atoms with Gasteiger partial charge in [-0.1, -0.05) is 6.07 Å². The van der Waals surface area contributed by atoms with Gasteiger partial charge in [0.05, 0.1) is 11.1 Å². The van der Waals surface area contributed by atoms with Crippen LogP contribution in [0.15, 0.2) is 18.2 Å². The topological polar surface area (TPSA) is 108 Å². The van der Waals surface area contributed by atoms with Gasteiger partial charge in [-0.2, -0.15) is 0 Å². The molecule has 27 heavy (non-hydrogen) atoms. The zero-order valence-corrected chi connectivity index (χ0v) is 15.1. The standard InChI is InChI=1S/C19H22N4O4/c1-10(12-8-20-9-12)21-7-11-2-3-13-14(6-11)19(27)23(18(13)26)15-4-5-16(24)22-17(15)25/h2-3,6,10,12,15,20-21H,4-5,7-9H2,1H3,(H,22,24,25)/t10-,15?/m1/s1. The quantitative estimate of drug-likeness (QED) is 0.619. The molecule has 0 saturated carbocycles. The van der Waals surface area contributed by atoms with Crippen LogP contribution in [0, 0.1) is 5.92 Å². The average molecular weight is 370 g/mol. The number of amides is 4. The number of nitrogens with one attached hydrogen (secondary N) is 3. The molecule has 1 aromatic rings. The van der Waals surface area contributed by atoms with E-state index in [2.05, 4.69) is 22.9 Å². The molecule has 1 unspecified atom stereocenters. The monoisotopic (exact) mass is 370 g/mol. The van der Waals surface area contributed by atoms with Gasteiger partial charge in [-0.05, 0) is 37.0 Å². The fourth-order valence-electron chi connectivity index (χ4n) is 3.74. The molecular formula is C19H22N4O4. The summed E-state index contributed by atoms with van der Waals surface area (Å²) in [5.74, 6) is -1.31. The van der Waals surface area contributed by atoms with E-state index < -0.39 is 23.8 Å². The Morgan fingerprint density at radius 2 is 1.89 bits per heavy atom. The maximum Gasteiger partial charge on any atom is 0.262 e. The first kappa shape index (κ1) is 17.8. The third-order valence-corrected chi connectivity index (χ3v) is 5.65. The van der Waals surface area contributed by atoms with E-state index in [4.69, 9.17) is 0 Å². The van der Waals surface area contributed by atoms with Gasteiger partial charge in [-0.15, -0.1) is 0 Å². The summed E-state index contributed by atoms with van der Waals surface area (Å²) >= 11 is 0. The lowest BCUT2D eigenvalue weighted by Crippen LogP contribution is -2.54. The van der Waals surface area contributed by atoms with Crippen LogP contribution in [0.2, 0.25) is 0 Å². The molecule has 2 fully saturated rings. The van der Waals surface area contributed by atoms with Gasteiger partial charge < -0.3 is 10.6 Å². The fraction of sp³-hybridized carbons (Fsp3) is 0.474. The SMILES string of the molecule is C[C@@H](NCc1ccc2c(c1)C(=O)N(C1CCC(=O)NC1=O)C2=O)C1CNC1. The lowest BCUT2D eigenvalue weighted by atomic mass is 9.95. The van der Waals surface area contributed by atoms with Gasteiger partial charge in [0.1, 0.15) is 6.04 Å². The molecule has 1 aromatic carbocycles. The number of imide groups is 2. The number of piperidine rings is 1. The van der Waals surface area contributed by atoms with Crippen molar-refractivity contribution >= 4 is 23.6 Å². The van der Waals surface area contributed by atoms with Crippen molar-refractivity contribution in [2.45, 2.75) is 38.4 Å². The Morgan fingerprint density at radius 1 is 1.15 bits per heavy atom. The van der Waals surface area contributed by atoms with Crippen molar-refractivity contribution in [2.75, 3.05) is 13.1 Å². The number of rotatable bonds is 5. The third-order valence-electron chi connectivity index (χ3n) is 5.65. The molecule has 3 aliphatic rings. The van der Waals surface area contributed by atoms with E-state index in [0.717, 1.165) is 23.6 Å². The number of nitrogens with zero attached hydrogens (tertiary/aromatic N) is 1. The van der Waals surface area contributed by atoms with E-state index in [1.54, 1.807) is 12.1 Å². The van der Waals surface area contributed by atoms with Gasteiger partial charge in [0, 0.05) is 32.1 Å². The first-order chi connectivity index (χ1) is 13.0. The largest absolute Gasteiger partial charge is 0.316 e. The molecule has 4 rings (SSSR count). The Bertz CT molecular complexity index is 833. The molecule has 3 N–H and O–H groups in total. The zero-order chi connectivity index (χ0) is 19.1. The molecule has 0 aliphatic carbocycles. The second kappa shape index (κ2) is 6.86. The van der Waals surface area contributed by atoms with Gasteiger partial charge in [0.25, 0.3) is 11.8 Å². The molecule has 142 valence electrons. The Balaban J connectivity index is 1.49. The molecule has 0 spiro atoms. The number of carbonyl (C=O) groups is 4. The summed E-state index contributed by atoms with van der Waals surface area (Å²) < 4.78 is 0. The van der Waals surface area contributed by atoms with Gasteiger partial charge in [0.15, 0.2) is 0 Å². The lowest BCUT2D eigenvalue weighted by molar-refractivity contribution is -0.136. The van der Waals surface area contributed by atoms with Crippen LogP contribution < -0.4 is 16.0 Å². The Labute approximate surface area is 156 Å². The molecule has 3 heterocycles.